The van der Waals surface area contributed by atoms with Crippen LogP contribution in [0, 0.1) is 0 Å². The van der Waals surface area contributed by atoms with Crippen molar-refractivity contribution < 1.29 is 19.7 Å². The molecule has 0 bridgehead atoms. The number of methoxy groups -OCH3 is 1. The third kappa shape index (κ3) is 3.96. The van der Waals surface area contributed by atoms with Gasteiger partial charge in [-0.3, -0.25) is 4.79 Å². The number of benzene rings is 2. The fourth-order valence-corrected chi connectivity index (χ4v) is 3.02. The maximum Gasteiger partial charge on any atom is 0.348 e. The van der Waals surface area contributed by atoms with Crippen LogP contribution in [-0.2, 0) is 4.74 Å². The molecule has 0 spiro atoms. The molecule has 0 aliphatic heterocycles. The number of H-pyrrole nitrogens is 1. The van der Waals surface area contributed by atoms with Gasteiger partial charge >= 0.3 is 5.69 Å². The molecule has 0 atom stereocenters. The summed E-state index contributed by atoms with van der Waals surface area (Å²) in [5.74, 6) is -1.20. The molecule has 3 aromatic rings. The minimum Gasteiger partial charge on any atom is -0.507 e. The predicted molar refractivity (Wildman–Crippen MR) is 107 cm³/mol. The van der Waals surface area contributed by atoms with Gasteiger partial charge in [0.05, 0.1) is 28.4 Å². The fourth-order valence-electron chi connectivity index (χ4n) is 2.80. The Morgan fingerprint density at radius 2 is 2.00 bits per heavy atom. The zero-order valence-corrected chi connectivity index (χ0v) is 16.5. The van der Waals surface area contributed by atoms with Crippen LogP contribution in [0.2, 0.25) is 5.02 Å². The van der Waals surface area contributed by atoms with E-state index in [1.165, 1.54) is 22.6 Å². The monoisotopic (exact) mass is 418 g/mol. The highest BCUT2D eigenvalue weighted by Gasteiger charge is 2.23. The van der Waals surface area contributed by atoms with E-state index in [2.05, 4.69) is 10.2 Å². The molecular formula is C19H19ClN4O5. The first kappa shape index (κ1) is 20.4. The van der Waals surface area contributed by atoms with Gasteiger partial charge in [-0.15, -0.1) is 0 Å². The summed E-state index contributed by atoms with van der Waals surface area (Å²) in [5, 5.41) is 27.1. The summed E-state index contributed by atoms with van der Waals surface area (Å²) >= 11 is 6.21. The number of likely N-dealkylation sites (N-methyl/N-ethyl adjacent to an activating group) is 1. The van der Waals surface area contributed by atoms with E-state index >= 15 is 0 Å². The Morgan fingerprint density at radius 1 is 1.28 bits per heavy atom. The summed E-state index contributed by atoms with van der Waals surface area (Å²) in [7, 11) is 3.07. The van der Waals surface area contributed by atoms with Gasteiger partial charge in [-0.05, 0) is 18.2 Å². The zero-order valence-electron chi connectivity index (χ0n) is 15.7. The molecule has 29 heavy (non-hydrogen) atoms. The molecular weight excluding hydrogens is 400 g/mol. The molecule has 0 saturated carbocycles. The van der Waals surface area contributed by atoms with Crippen LogP contribution in [0.1, 0.15) is 10.4 Å². The third-order valence-corrected chi connectivity index (χ3v) is 4.65. The van der Waals surface area contributed by atoms with Crippen molar-refractivity contribution in [3.8, 4) is 28.6 Å². The van der Waals surface area contributed by atoms with E-state index in [-0.39, 0.29) is 22.7 Å². The van der Waals surface area contributed by atoms with Gasteiger partial charge in [0.1, 0.15) is 11.5 Å². The summed E-state index contributed by atoms with van der Waals surface area (Å²) in [6.07, 6.45) is 0. The second-order valence-electron chi connectivity index (χ2n) is 6.25. The number of aromatic hydroxyl groups is 2. The first-order valence-electron chi connectivity index (χ1n) is 8.58. The van der Waals surface area contributed by atoms with E-state index in [1.54, 1.807) is 31.3 Å². The van der Waals surface area contributed by atoms with Crippen LogP contribution < -0.4 is 5.69 Å². The van der Waals surface area contributed by atoms with Gasteiger partial charge in [-0.1, -0.05) is 23.7 Å². The number of para-hydroxylation sites is 1. The number of hydrogen-bond donors (Lipinski definition) is 3. The molecule has 10 heteroatoms. The molecule has 3 N–H and O–H groups in total. The van der Waals surface area contributed by atoms with E-state index in [1.807, 2.05) is 0 Å². The highest BCUT2D eigenvalue weighted by Crippen LogP contribution is 2.35. The predicted octanol–water partition coefficient (Wildman–Crippen LogP) is 2.01. The number of phenolic OH excluding ortho intramolecular Hbond substituents is 2. The molecule has 2 aromatic carbocycles. The molecule has 0 aliphatic carbocycles. The van der Waals surface area contributed by atoms with E-state index in [9.17, 15) is 19.8 Å². The number of hydrogen-bond acceptors (Lipinski definition) is 6. The van der Waals surface area contributed by atoms with Crippen molar-refractivity contribution in [1.82, 2.24) is 19.7 Å². The Balaban J connectivity index is 2.13. The van der Waals surface area contributed by atoms with Crippen molar-refractivity contribution in [1.29, 1.82) is 0 Å². The number of phenols is 2. The van der Waals surface area contributed by atoms with Crippen molar-refractivity contribution >= 4 is 17.5 Å². The van der Waals surface area contributed by atoms with Gasteiger partial charge in [0.2, 0.25) is 0 Å². The molecule has 1 aromatic heterocycles. The second kappa shape index (κ2) is 8.38. The van der Waals surface area contributed by atoms with Crippen LogP contribution >= 0.6 is 11.6 Å². The Bertz CT molecular complexity index is 1110. The Kier molecular flexibility index (Phi) is 5.90. The molecule has 0 saturated heterocycles. The number of nitrogens with one attached hydrogen (secondary N) is 1. The van der Waals surface area contributed by atoms with E-state index in [0.717, 1.165) is 6.07 Å². The molecule has 1 heterocycles. The number of carbonyl (C=O) groups excluding carboxylic acids is 1. The van der Waals surface area contributed by atoms with Gasteiger partial charge in [0.15, 0.2) is 5.82 Å². The van der Waals surface area contributed by atoms with Gasteiger partial charge in [-0.2, -0.15) is 5.10 Å². The molecule has 3 rings (SSSR count). The summed E-state index contributed by atoms with van der Waals surface area (Å²) in [4.78, 5) is 26.4. The van der Waals surface area contributed by atoms with E-state index < -0.39 is 17.3 Å². The first-order chi connectivity index (χ1) is 13.8. The maximum atomic E-state index is 12.7. The van der Waals surface area contributed by atoms with Gasteiger partial charge in [0, 0.05) is 26.8 Å². The summed E-state index contributed by atoms with van der Waals surface area (Å²) in [6.45, 7) is 0.622. The topological polar surface area (TPSA) is 121 Å². The zero-order chi connectivity index (χ0) is 21.1. The smallest absolute Gasteiger partial charge is 0.348 e. The number of halogens is 1. The maximum absolute atomic E-state index is 12.7. The lowest BCUT2D eigenvalue weighted by molar-refractivity contribution is 0.0741. The van der Waals surface area contributed by atoms with Crippen molar-refractivity contribution in [3.05, 3.63) is 57.5 Å². The van der Waals surface area contributed by atoms with Crippen LogP contribution in [-0.4, -0.2) is 63.1 Å². The fraction of sp³-hybridized carbons (Fsp3) is 0.211. The highest BCUT2D eigenvalue weighted by atomic mass is 35.5. The van der Waals surface area contributed by atoms with Crippen LogP contribution in [0.25, 0.3) is 17.1 Å². The van der Waals surface area contributed by atoms with E-state index in [4.69, 9.17) is 16.3 Å². The number of rotatable bonds is 6. The summed E-state index contributed by atoms with van der Waals surface area (Å²) in [6, 6.07) is 8.94. The minimum absolute atomic E-state index is 0.0363. The molecule has 0 aliphatic rings. The molecule has 9 nitrogen and oxygen atoms in total. The number of aromatic nitrogens is 3. The number of ether oxygens (including phenoxy) is 1. The number of aromatic amines is 1. The normalized spacial score (nSPS) is 10.9. The third-order valence-electron chi connectivity index (χ3n) is 4.33. The van der Waals surface area contributed by atoms with Gasteiger partial charge in [0.25, 0.3) is 5.91 Å². The van der Waals surface area contributed by atoms with Crippen molar-refractivity contribution in [2.75, 3.05) is 27.3 Å². The Labute approximate surface area is 170 Å². The van der Waals surface area contributed by atoms with Crippen molar-refractivity contribution in [2.24, 2.45) is 0 Å². The summed E-state index contributed by atoms with van der Waals surface area (Å²) < 4.78 is 6.14. The van der Waals surface area contributed by atoms with Crippen LogP contribution in [0.4, 0.5) is 0 Å². The van der Waals surface area contributed by atoms with Crippen LogP contribution in [0.3, 0.4) is 0 Å². The molecule has 0 radical (unpaired) electrons. The van der Waals surface area contributed by atoms with Crippen LogP contribution in [0.5, 0.6) is 11.5 Å². The molecule has 0 unspecified atom stereocenters. The number of nitrogens with zero attached hydrogens (tertiary/aromatic N) is 3. The standard InChI is InChI=1S/C19H19ClN4O5/c1-23(7-8-29-2)18(27)12-9-11(15(25)10-16(12)26)17-21-22-19(28)24(17)14-6-4-3-5-13(14)20/h3-6,9-10,25-26H,7-8H2,1-2H3,(H,22,28). The lowest BCUT2D eigenvalue weighted by atomic mass is 10.1. The van der Waals surface area contributed by atoms with Gasteiger partial charge < -0.3 is 19.8 Å². The minimum atomic E-state index is -0.578. The van der Waals surface area contributed by atoms with Gasteiger partial charge in [-0.25, -0.2) is 14.5 Å². The molecule has 0 fully saturated rings. The quantitative estimate of drug-likeness (QED) is 0.563. The largest absolute Gasteiger partial charge is 0.507 e. The lowest BCUT2D eigenvalue weighted by Crippen LogP contribution is -2.30. The Hall–Kier alpha value is -3.30. The van der Waals surface area contributed by atoms with Crippen molar-refractivity contribution in [2.45, 2.75) is 0 Å². The molecule has 152 valence electrons. The SMILES string of the molecule is COCCN(C)C(=O)c1cc(-c2n[nH]c(=O)n2-c2ccccc2Cl)c(O)cc1O. The van der Waals surface area contributed by atoms with Crippen molar-refractivity contribution in [3.63, 3.8) is 0 Å². The first-order valence-corrected chi connectivity index (χ1v) is 8.96. The summed E-state index contributed by atoms with van der Waals surface area (Å²) in [5.41, 5.74) is -0.215. The Morgan fingerprint density at radius 3 is 2.69 bits per heavy atom. The lowest BCUT2D eigenvalue weighted by Gasteiger charge is -2.18. The molecule has 1 amide bonds. The second-order valence-corrected chi connectivity index (χ2v) is 6.65. The number of amides is 1. The highest BCUT2D eigenvalue weighted by molar-refractivity contribution is 6.32. The van der Waals surface area contributed by atoms with E-state index in [0.29, 0.717) is 23.9 Å². The average Bonchev–Trinajstić information content (AvgIpc) is 3.07. The number of carbonyl (C=O) groups is 1. The average molecular weight is 419 g/mol. The van der Waals surface area contributed by atoms with Crippen LogP contribution in [0.15, 0.2) is 41.2 Å².